The monoisotopic (exact) mass is 372 g/mol. The van der Waals surface area contributed by atoms with Crippen molar-refractivity contribution >= 4 is 33.5 Å². The smallest absolute Gasteiger partial charge is 0.305 e. The van der Waals surface area contributed by atoms with Crippen LogP contribution in [0.5, 0.6) is 0 Å². The Balaban J connectivity index is 2.48. The minimum absolute atomic E-state index is 0.0408. The zero-order valence-corrected chi connectivity index (χ0v) is 13.8. The first-order valence-corrected chi connectivity index (χ1v) is 7.52. The van der Waals surface area contributed by atoms with E-state index in [1.54, 1.807) is 22.9 Å². The van der Waals surface area contributed by atoms with Crippen molar-refractivity contribution < 1.29 is 9.90 Å². The van der Waals surface area contributed by atoms with E-state index in [0.29, 0.717) is 10.8 Å². The van der Waals surface area contributed by atoms with E-state index in [1.807, 2.05) is 13.8 Å². The lowest BCUT2D eigenvalue weighted by Gasteiger charge is -2.20. The van der Waals surface area contributed by atoms with Gasteiger partial charge in [0.15, 0.2) is 5.82 Å². The van der Waals surface area contributed by atoms with Crippen LogP contribution in [0.2, 0.25) is 5.02 Å². The van der Waals surface area contributed by atoms with E-state index in [2.05, 4.69) is 31.5 Å². The summed E-state index contributed by atoms with van der Waals surface area (Å²) in [7, 11) is 0. The van der Waals surface area contributed by atoms with Crippen LogP contribution in [0.4, 0.5) is 0 Å². The molecule has 0 amide bonds. The molecule has 0 bridgehead atoms. The van der Waals surface area contributed by atoms with Crippen LogP contribution >= 0.6 is 27.5 Å². The van der Waals surface area contributed by atoms with Crippen LogP contribution < -0.4 is 0 Å². The first-order chi connectivity index (χ1) is 9.90. The molecule has 6 nitrogen and oxygen atoms in total. The summed E-state index contributed by atoms with van der Waals surface area (Å²) >= 11 is 9.36. The van der Waals surface area contributed by atoms with Crippen molar-refractivity contribution in [3.8, 4) is 11.4 Å². The third-order valence-electron chi connectivity index (χ3n) is 3.13. The van der Waals surface area contributed by atoms with Crippen molar-refractivity contribution in [2.45, 2.75) is 26.3 Å². The molecule has 1 atom stereocenters. The number of halogens is 2. The quantitative estimate of drug-likeness (QED) is 0.868. The van der Waals surface area contributed by atoms with Crippen molar-refractivity contribution in [2.24, 2.45) is 5.92 Å². The Morgan fingerprint density at radius 3 is 2.76 bits per heavy atom. The molecular formula is C13H14BrClN4O2. The van der Waals surface area contributed by atoms with E-state index in [0.717, 1.165) is 10.0 Å². The Kier molecular flexibility index (Phi) is 4.95. The molecule has 1 N–H and O–H groups in total. The van der Waals surface area contributed by atoms with Crippen molar-refractivity contribution in [1.29, 1.82) is 0 Å². The Hall–Kier alpha value is -1.47. The summed E-state index contributed by atoms with van der Waals surface area (Å²) in [4.78, 5) is 11.1. The zero-order valence-electron chi connectivity index (χ0n) is 11.5. The van der Waals surface area contributed by atoms with Gasteiger partial charge in [0, 0.05) is 15.1 Å². The Labute approximate surface area is 135 Å². The molecule has 0 radical (unpaired) electrons. The molecule has 0 saturated heterocycles. The highest BCUT2D eigenvalue weighted by molar-refractivity contribution is 9.10. The van der Waals surface area contributed by atoms with E-state index >= 15 is 0 Å². The minimum atomic E-state index is -0.884. The first-order valence-electron chi connectivity index (χ1n) is 6.35. The lowest BCUT2D eigenvalue weighted by atomic mass is 10.0. The summed E-state index contributed by atoms with van der Waals surface area (Å²) in [6.45, 7) is 3.88. The van der Waals surface area contributed by atoms with Crippen LogP contribution in [0.25, 0.3) is 11.4 Å². The standard InChI is InChI=1S/C13H14BrClN4O2/c1-7(2)11(6-12(20)21)19-13(16-17-18-19)9-4-3-8(15)5-10(9)14/h3-5,7,11H,6H2,1-2H3,(H,20,21). The number of nitrogens with zero attached hydrogens (tertiary/aromatic N) is 4. The number of benzene rings is 1. The van der Waals surface area contributed by atoms with Gasteiger partial charge in [-0.1, -0.05) is 25.4 Å². The number of rotatable bonds is 5. The zero-order chi connectivity index (χ0) is 15.6. The molecular weight excluding hydrogens is 360 g/mol. The third kappa shape index (κ3) is 3.59. The van der Waals surface area contributed by atoms with Crippen molar-refractivity contribution in [2.75, 3.05) is 0 Å². The van der Waals surface area contributed by atoms with E-state index in [1.165, 1.54) is 0 Å². The molecule has 112 valence electrons. The molecule has 0 aliphatic rings. The van der Waals surface area contributed by atoms with Gasteiger partial charge in [-0.3, -0.25) is 4.79 Å². The molecule has 0 spiro atoms. The van der Waals surface area contributed by atoms with Gasteiger partial charge in [-0.2, -0.15) is 0 Å². The summed E-state index contributed by atoms with van der Waals surface area (Å²) in [5.74, 6) is -0.293. The Morgan fingerprint density at radius 1 is 1.48 bits per heavy atom. The highest BCUT2D eigenvalue weighted by Crippen LogP contribution is 2.32. The molecule has 0 saturated carbocycles. The second-order valence-corrected chi connectivity index (χ2v) is 6.27. The fraction of sp³-hybridized carbons (Fsp3) is 0.385. The highest BCUT2D eigenvalue weighted by atomic mass is 79.9. The number of aromatic nitrogens is 4. The molecule has 2 rings (SSSR count). The molecule has 21 heavy (non-hydrogen) atoms. The maximum absolute atomic E-state index is 11.1. The summed E-state index contributed by atoms with van der Waals surface area (Å²) in [6, 6.07) is 4.96. The molecule has 1 aromatic heterocycles. The van der Waals surface area contributed by atoms with Gasteiger partial charge in [-0.15, -0.1) is 5.10 Å². The van der Waals surface area contributed by atoms with Crippen LogP contribution in [0.15, 0.2) is 22.7 Å². The number of hydrogen-bond donors (Lipinski definition) is 1. The van der Waals surface area contributed by atoms with Gasteiger partial charge < -0.3 is 5.11 Å². The van der Waals surface area contributed by atoms with Gasteiger partial charge >= 0.3 is 5.97 Å². The van der Waals surface area contributed by atoms with E-state index in [9.17, 15) is 4.79 Å². The Morgan fingerprint density at radius 2 is 2.19 bits per heavy atom. The largest absolute Gasteiger partial charge is 0.481 e. The highest BCUT2D eigenvalue weighted by Gasteiger charge is 2.25. The molecule has 1 heterocycles. The van der Waals surface area contributed by atoms with E-state index in [-0.39, 0.29) is 18.4 Å². The number of hydrogen-bond acceptors (Lipinski definition) is 4. The lowest BCUT2D eigenvalue weighted by Crippen LogP contribution is -2.21. The third-order valence-corrected chi connectivity index (χ3v) is 4.02. The summed E-state index contributed by atoms with van der Waals surface area (Å²) in [6.07, 6.45) is -0.0408. The first kappa shape index (κ1) is 15.9. The number of aliphatic carboxylic acids is 1. The van der Waals surface area contributed by atoms with Crippen LogP contribution in [0.3, 0.4) is 0 Å². The second-order valence-electron chi connectivity index (χ2n) is 4.98. The fourth-order valence-corrected chi connectivity index (χ4v) is 2.91. The molecule has 0 fully saturated rings. The maximum atomic E-state index is 11.1. The second kappa shape index (κ2) is 6.53. The van der Waals surface area contributed by atoms with Gasteiger partial charge in [-0.25, -0.2) is 4.68 Å². The topological polar surface area (TPSA) is 80.9 Å². The summed E-state index contributed by atoms with van der Waals surface area (Å²) < 4.78 is 2.32. The summed E-state index contributed by atoms with van der Waals surface area (Å²) in [5, 5.41) is 21.3. The van der Waals surface area contributed by atoms with Gasteiger partial charge in [0.1, 0.15) is 0 Å². The van der Waals surface area contributed by atoms with Crippen LogP contribution in [0.1, 0.15) is 26.3 Å². The molecule has 2 aromatic rings. The van der Waals surface area contributed by atoms with Crippen molar-refractivity contribution in [3.05, 3.63) is 27.7 Å². The lowest BCUT2D eigenvalue weighted by molar-refractivity contribution is -0.138. The Bertz CT molecular complexity index is 659. The van der Waals surface area contributed by atoms with Gasteiger partial charge in [0.25, 0.3) is 0 Å². The maximum Gasteiger partial charge on any atom is 0.305 e. The molecule has 8 heteroatoms. The minimum Gasteiger partial charge on any atom is -0.481 e. The van der Waals surface area contributed by atoms with Crippen LogP contribution in [-0.4, -0.2) is 31.3 Å². The number of carboxylic acids is 1. The predicted molar refractivity (Wildman–Crippen MR) is 82.1 cm³/mol. The van der Waals surface area contributed by atoms with Crippen molar-refractivity contribution in [1.82, 2.24) is 20.2 Å². The number of carboxylic acid groups (broad SMARTS) is 1. The molecule has 0 aliphatic heterocycles. The van der Waals surface area contributed by atoms with Gasteiger partial charge in [0.05, 0.1) is 12.5 Å². The average molecular weight is 374 g/mol. The van der Waals surface area contributed by atoms with Crippen LogP contribution in [0, 0.1) is 5.92 Å². The fourth-order valence-electron chi connectivity index (χ4n) is 2.05. The SMILES string of the molecule is CC(C)C(CC(=O)O)n1nnnc1-c1ccc(Cl)cc1Br. The van der Waals surface area contributed by atoms with Crippen LogP contribution in [-0.2, 0) is 4.79 Å². The number of carbonyl (C=O) groups is 1. The van der Waals surface area contributed by atoms with E-state index in [4.69, 9.17) is 16.7 Å². The van der Waals surface area contributed by atoms with E-state index < -0.39 is 5.97 Å². The normalized spacial score (nSPS) is 12.6. The predicted octanol–water partition coefficient (Wildman–Crippen LogP) is 3.43. The number of tetrazole rings is 1. The van der Waals surface area contributed by atoms with Gasteiger partial charge in [0.2, 0.25) is 0 Å². The van der Waals surface area contributed by atoms with Crippen molar-refractivity contribution in [3.63, 3.8) is 0 Å². The van der Waals surface area contributed by atoms with Gasteiger partial charge in [-0.05, 0) is 50.5 Å². The summed E-state index contributed by atoms with van der Waals surface area (Å²) in [5.41, 5.74) is 0.764. The molecule has 0 aliphatic carbocycles. The average Bonchev–Trinajstić information content (AvgIpc) is 2.84. The molecule has 1 unspecified atom stereocenters. The molecule has 1 aromatic carbocycles.